The molecule has 3 amide bonds. The third kappa shape index (κ3) is 10.5. The number of hydrogen-bond donors (Lipinski definition) is 3. The average molecular weight is 506 g/mol. The van der Waals surface area contributed by atoms with Gasteiger partial charge in [-0.25, -0.2) is 0 Å². The fourth-order valence-electron chi connectivity index (χ4n) is 3.01. The first-order valence-corrected chi connectivity index (χ1v) is 12.5. The van der Waals surface area contributed by atoms with Gasteiger partial charge in [-0.15, -0.1) is 11.8 Å². The van der Waals surface area contributed by atoms with E-state index in [0.717, 1.165) is 11.3 Å². The predicted molar refractivity (Wildman–Crippen MR) is 136 cm³/mol. The zero-order valence-electron chi connectivity index (χ0n) is 20.8. The highest BCUT2D eigenvalue weighted by molar-refractivity contribution is 8.00. The Morgan fingerprint density at radius 3 is 2.63 bits per heavy atom. The molecule has 35 heavy (non-hydrogen) atoms. The second-order valence-corrected chi connectivity index (χ2v) is 8.42. The highest BCUT2D eigenvalue weighted by Gasteiger charge is 2.27. The van der Waals surface area contributed by atoms with Crippen molar-refractivity contribution in [1.29, 1.82) is 5.26 Å². The maximum atomic E-state index is 11.7. The monoisotopic (exact) mass is 505 g/mol. The number of carbonyl (C=O) groups excluding carboxylic acids is 3. The molecule has 1 aromatic carbocycles. The van der Waals surface area contributed by atoms with Crippen molar-refractivity contribution in [1.82, 2.24) is 10.2 Å². The van der Waals surface area contributed by atoms with Crippen molar-refractivity contribution in [3.63, 3.8) is 0 Å². The Kier molecular flexibility index (Phi) is 14.3. The summed E-state index contributed by atoms with van der Waals surface area (Å²) in [6.45, 7) is 7.37. The maximum absolute atomic E-state index is 11.7. The van der Waals surface area contributed by atoms with Gasteiger partial charge < -0.3 is 30.7 Å². The molecule has 0 aromatic heterocycles. The first kappa shape index (κ1) is 30.1. The van der Waals surface area contributed by atoms with E-state index in [4.69, 9.17) is 20.5 Å². The lowest BCUT2D eigenvalue weighted by Crippen LogP contribution is -2.39. The molecular weight excluding hydrogens is 470 g/mol. The van der Waals surface area contributed by atoms with E-state index in [1.807, 2.05) is 44.2 Å². The Bertz CT molecular complexity index is 929. The summed E-state index contributed by atoms with van der Waals surface area (Å²) in [4.78, 5) is 36.4. The van der Waals surface area contributed by atoms with Gasteiger partial charge in [0.25, 0.3) is 5.91 Å². The number of hydrogen-bond acceptors (Lipinski definition) is 8. The number of ether oxygens (including phenoxy) is 2. The van der Waals surface area contributed by atoms with Crippen molar-refractivity contribution in [2.45, 2.75) is 26.8 Å². The molecule has 1 aliphatic heterocycles. The zero-order chi connectivity index (χ0) is 26.2. The third-order valence-electron chi connectivity index (χ3n) is 4.73. The minimum absolute atomic E-state index is 0.0196. The van der Waals surface area contributed by atoms with E-state index in [9.17, 15) is 14.4 Å². The molecule has 2 rings (SSSR count). The summed E-state index contributed by atoms with van der Waals surface area (Å²) in [7, 11) is 1.59. The van der Waals surface area contributed by atoms with Crippen molar-refractivity contribution in [2.24, 2.45) is 5.73 Å². The normalized spacial score (nSPS) is 15.3. The summed E-state index contributed by atoms with van der Waals surface area (Å²) >= 11 is 1.43. The molecule has 1 aromatic rings. The number of nitrogens with zero attached hydrogens (tertiary/aromatic N) is 2. The first-order chi connectivity index (χ1) is 16.8. The van der Waals surface area contributed by atoms with Crippen molar-refractivity contribution in [2.75, 3.05) is 56.8 Å². The molecule has 0 aliphatic carbocycles. The lowest BCUT2D eigenvalue weighted by molar-refractivity contribution is -0.126. The van der Waals surface area contributed by atoms with Crippen molar-refractivity contribution < 1.29 is 23.9 Å². The molecule has 192 valence electrons. The van der Waals surface area contributed by atoms with Crippen LogP contribution in [0.4, 0.5) is 5.69 Å². The number of nitrogens with one attached hydrogen (secondary N) is 2. The molecule has 1 fully saturated rings. The largest absolute Gasteiger partial charge is 0.382 e. The Morgan fingerprint density at radius 1 is 1.29 bits per heavy atom. The van der Waals surface area contributed by atoms with Crippen molar-refractivity contribution >= 4 is 35.2 Å². The van der Waals surface area contributed by atoms with Gasteiger partial charge in [-0.1, -0.05) is 12.1 Å². The summed E-state index contributed by atoms with van der Waals surface area (Å²) < 4.78 is 9.94. The highest BCUT2D eigenvalue weighted by atomic mass is 32.2. The Labute approximate surface area is 211 Å². The minimum atomic E-state index is -0.404. The number of methoxy groups -OCH3 is 1. The van der Waals surface area contributed by atoms with Crippen LogP contribution in [0.25, 0.3) is 0 Å². The maximum Gasteiger partial charge on any atom is 0.263 e. The number of nitriles is 1. The van der Waals surface area contributed by atoms with E-state index in [0.29, 0.717) is 43.5 Å². The molecule has 10 nitrogen and oxygen atoms in total. The summed E-state index contributed by atoms with van der Waals surface area (Å²) in [5.74, 6) is 0.299. The Hall–Kier alpha value is -2.91. The van der Waals surface area contributed by atoms with Crippen LogP contribution in [0.2, 0.25) is 0 Å². The zero-order valence-corrected chi connectivity index (χ0v) is 21.6. The van der Waals surface area contributed by atoms with Gasteiger partial charge in [0.2, 0.25) is 11.8 Å². The molecule has 0 radical (unpaired) electrons. The van der Waals surface area contributed by atoms with Crippen LogP contribution in [0.15, 0.2) is 35.5 Å². The van der Waals surface area contributed by atoms with Gasteiger partial charge in [0, 0.05) is 37.7 Å². The van der Waals surface area contributed by atoms with E-state index in [-0.39, 0.29) is 30.0 Å². The topological polar surface area (TPSA) is 147 Å². The number of nitrogens with two attached hydrogens (primary N) is 1. The van der Waals surface area contributed by atoms with Crippen LogP contribution in [-0.2, 0) is 23.9 Å². The first-order valence-electron chi connectivity index (χ1n) is 11.3. The van der Waals surface area contributed by atoms with Gasteiger partial charge in [-0.2, -0.15) is 5.26 Å². The molecule has 0 saturated carbocycles. The van der Waals surface area contributed by atoms with E-state index in [1.54, 1.807) is 14.0 Å². The lowest BCUT2D eigenvalue weighted by Gasteiger charge is -2.28. The molecular formula is C24H35N5O5S. The molecule has 0 bridgehead atoms. The van der Waals surface area contributed by atoms with E-state index >= 15 is 0 Å². The van der Waals surface area contributed by atoms with E-state index < -0.39 is 5.91 Å². The number of rotatable bonds is 10. The van der Waals surface area contributed by atoms with Crippen molar-refractivity contribution in [3.05, 3.63) is 41.1 Å². The molecule has 11 heteroatoms. The van der Waals surface area contributed by atoms with Gasteiger partial charge >= 0.3 is 0 Å². The summed E-state index contributed by atoms with van der Waals surface area (Å²) in [5.41, 5.74) is 8.06. The lowest BCUT2D eigenvalue weighted by atomic mass is 10.1. The number of amides is 3. The van der Waals surface area contributed by atoms with Gasteiger partial charge in [0.05, 0.1) is 24.7 Å². The molecule has 4 N–H and O–H groups in total. The summed E-state index contributed by atoms with van der Waals surface area (Å²) in [5, 5.41) is 14.4. The number of likely N-dealkylation sites (N-methyl/N-ethyl adjacent to an activating group) is 1. The fraction of sp³-hybridized carbons (Fsp3) is 0.500. The van der Waals surface area contributed by atoms with Crippen LogP contribution >= 0.6 is 11.8 Å². The average Bonchev–Trinajstić information content (AvgIpc) is 2.83. The smallest absolute Gasteiger partial charge is 0.263 e. The summed E-state index contributed by atoms with van der Waals surface area (Å²) in [6.07, 6.45) is 0. The summed E-state index contributed by atoms with van der Waals surface area (Å²) in [6, 6.07) is 9.31. The van der Waals surface area contributed by atoms with Crippen LogP contribution in [-0.4, -0.2) is 74.1 Å². The molecule has 1 atom stereocenters. The predicted octanol–water partition coefficient (Wildman–Crippen LogP) is 1.80. The van der Waals surface area contributed by atoms with Gasteiger partial charge in [-0.05, 0) is 38.5 Å². The number of thioether (sulfide) groups is 1. The molecule has 1 saturated heterocycles. The standard InChI is InChI=1S/C13H20N2O3.C11H15N3O2S/c1-10(14)11-4-3-5-12(8-11)15-13(16)9-18-7-6-17-2;1-3-13-11(16)8(5-12)9-6-17-7-10(15)14(9)4-2/h3-5,8,10H,6-7,9,14H2,1-2H3,(H,15,16);3-4,6-7H2,1-2H3,(H,13,16). The van der Waals surface area contributed by atoms with Crippen LogP contribution in [0.5, 0.6) is 0 Å². The quantitative estimate of drug-likeness (QED) is 0.248. The Balaban J connectivity index is 0.000000351. The van der Waals surface area contributed by atoms with E-state index in [1.165, 1.54) is 16.7 Å². The van der Waals surface area contributed by atoms with Crippen LogP contribution in [0.1, 0.15) is 32.4 Å². The van der Waals surface area contributed by atoms with Gasteiger partial charge in [-0.3, -0.25) is 14.4 Å². The van der Waals surface area contributed by atoms with Gasteiger partial charge in [0.15, 0.2) is 0 Å². The number of carbonyl (C=O) groups is 3. The second-order valence-electron chi connectivity index (χ2n) is 7.43. The number of benzene rings is 1. The minimum Gasteiger partial charge on any atom is -0.382 e. The van der Waals surface area contributed by atoms with Crippen molar-refractivity contribution in [3.8, 4) is 6.07 Å². The van der Waals surface area contributed by atoms with Gasteiger partial charge in [0.1, 0.15) is 18.2 Å². The molecule has 1 aliphatic rings. The van der Waals surface area contributed by atoms with Crippen LogP contribution in [0, 0.1) is 11.3 Å². The van der Waals surface area contributed by atoms with E-state index in [2.05, 4.69) is 10.6 Å². The van der Waals surface area contributed by atoms with Crippen LogP contribution < -0.4 is 16.4 Å². The second kappa shape index (κ2) is 16.7. The third-order valence-corrected chi connectivity index (χ3v) is 5.66. The van der Waals surface area contributed by atoms with Crippen LogP contribution in [0.3, 0.4) is 0 Å². The number of anilines is 1. The SMILES string of the molecule is CCNC(=O)C(C#N)=C1CSCC(=O)N1CC.COCCOCC(=O)Nc1cccc(C(C)N)c1. The highest BCUT2D eigenvalue weighted by Crippen LogP contribution is 2.23. The molecule has 1 unspecified atom stereocenters. The Morgan fingerprint density at radius 2 is 2.03 bits per heavy atom. The molecule has 0 spiro atoms. The molecule has 1 heterocycles. The fourth-order valence-corrected chi connectivity index (χ4v) is 3.94.